The van der Waals surface area contributed by atoms with E-state index in [0.717, 1.165) is 57.2 Å². The Hall–Kier alpha value is -0.236. The van der Waals surface area contributed by atoms with Crippen LogP contribution in [-0.4, -0.2) is 36.0 Å². The van der Waals surface area contributed by atoms with Gasteiger partial charge in [-0.15, -0.1) is 26.4 Å². The average Bonchev–Trinajstić information content (AvgIpc) is 3.03. The molecule has 0 N–H and O–H groups in total. The smallest absolute Gasteiger partial charge is 0.854 e. The van der Waals surface area contributed by atoms with Crippen molar-refractivity contribution in [3.8, 4) is 0 Å². The maximum atomic E-state index is 9.53. The van der Waals surface area contributed by atoms with Crippen LogP contribution >= 0.6 is 0 Å². The van der Waals surface area contributed by atoms with Crippen LogP contribution in [0.5, 0.6) is 0 Å². The van der Waals surface area contributed by atoms with Gasteiger partial charge in [0.2, 0.25) is 0 Å². The van der Waals surface area contributed by atoms with E-state index in [0.29, 0.717) is 0 Å². The molecule has 1 aromatic heterocycles. The van der Waals surface area contributed by atoms with E-state index < -0.39 is 0 Å². The van der Waals surface area contributed by atoms with Crippen LogP contribution < -0.4 is 20.4 Å². The summed E-state index contributed by atoms with van der Waals surface area (Å²) in [4.78, 5) is 3.98. The first-order chi connectivity index (χ1) is 13.0. The van der Waals surface area contributed by atoms with Gasteiger partial charge in [-0.2, -0.15) is 0 Å². The second kappa shape index (κ2) is 41.2. The average molecular weight is 436 g/mol. The van der Waals surface area contributed by atoms with E-state index in [1.54, 1.807) is 6.20 Å². The molecule has 1 aromatic rings. The molecule has 6 nitrogen and oxygen atoms in total. The molecule has 0 saturated carbocycles. The summed E-state index contributed by atoms with van der Waals surface area (Å²) in [6.45, 7) is 10.4. The summed E-state index contributed by atoms with van der Waals surface area (Å²) in [5.74, 6) is 1.06. The van der Waals surface area contributed by atoms with Crippen LogP contribution in [0.25, 0.3) is 0 Å². The number of rotatable bonds is 8. The summed E-state index contributed by atoms with van der Waals surface area (Å²) in [7, 11) is 1.97. The fourth-order valence-corrected chi connectivity index (χ4v) is 1.02. The molecule has 0 aliphatic rings. The van der Waals surface area contributed by atoms with Crippen LogP contribution in [0.3, 0.4) is 0 Å². The Balaban J connectivity index is -0.0000000789. The number of nitrogens with zero attached hydrogens (tertiary/aromatic N) is 2. The second-order valence-corrected chi connectivity index (χ2v) is 5.82. The predicted molar refractivity (Wildman–Crippen MR) is 107 cm³/mol. The van der Waals surface area contributed by atoms with Gasteiger partial charge in [0.15, 0.2) is 0 Å². The third-order valence-corrected chi connectivity index (χ3v) is 3.05. The van der Waals surface area contributed by atoms with Crippen LogP contribution in [0.1, 0.15) is 84.9 Å². The molecule has 0 bridgehead atoms. The summed E-state index contributed by atoms with van der Waals surface area (Å²) in [6.07, 6.45) is 11.2. The molecule has 1 rings (SSSR count). The van der Waals surface area contributed by atoms with E-state index in [1.807, 2.05) is 52.4 Å². The van der Waals surface area contributed by atoms with Gasteiger partial charge in [-0.05, 0) is 6.92 Å². The summed E-state index contributed by atoms with van der Waals surface area (Å²) >= 11 is 0. The number of aromatic nitrogens is 2. The summed E-state index contributed by atoms with van der Waals surface area (Å²) in [5, 5.41) is 38.1. The van der Waals surface area contributed by atoms with E-state index in [1.165, 1.54) is 0 Å². The van der Waals surface area contributed by atoms with Crippen LogP contribution in [-0.2, 0) is 28.8 Å². The molecule has 0 fully saturated rings. The van der Waals surface area contributed by atoms with E-state index >= 15 is 0 Å². The number of hydrogen-bond acceptors (Lipinski definition) is 5. The van der Waals surface area contributed by atoms with Gasteiger partial charge >= 0.3 is 21.7 Å². The minimum atomic E-state index is 0. The second-order valence-electron chi connectivity index (χ2n) is 5.82. The van der Waals surface area contributed by atoms with E-state index in [9.17, 15) is 20.4 Å². The van der Waals surface area contributed by atoms with Crippen LogP contribution in [0, 0.1) is 6.92 Å². The Morgan fingerprint density at radius 3 is 1.04 bits per heavy atom. The quantitative estimate of drug-likeness (QED) is 0.571. The molecule has 0 unspecified atom stereocenters. The molecule has 0 amide bonds. The molecule has 7 heteroatoms. The van der Waals surface area contributed by atoms with Gasteiger partial charge in [-0.3, -0.25) is 0 Å². The van der Waals surface area contributed by atoms with Crippen molar-refractivity contribution in [3.05, 3.63) is 18.2 Å². The van der Waals surface area contributed by atoms with E-state index in [2.05, 4.69) is 4.98 Å². The number of imidazole rings is 1. The van der Waals surface area contributed by atoms with Gasteiger partial charge in [-0.25, -0.2) is 4.98 Å². The topological polar surface area (TPSA) is 110 Å². The molecule has 0 atom stereocenters. The Bertz CT molecular complexity index is 279. The van der Waals surface area contributed by atoms with E-state index in [4.69, 9.17) is 0 Å². The molecule has 1 heterocycles. The van der Waals surface area contributed by atoms with Gasteiger partial charge in [0.25, 0.3) is 0 Å². The zero-order valence-electron chi connectivity index (χ0n) is 19.2. The minimum Gasteiger partial charge on any atom is -0.854 e. The normalized spacial score (nSPS) is 8.36. The zero-order chi connectivity index (χ0) is 21.8. The first kappa shape index (κ1) is 38.4. The molecule has 0 radical (unpaired) electrons. The van der Waals surface area contributed by atoms with E-state index in [-0.39, 0.29) is 48.1 Å². The van der Waals surface area contributed by atoms with Crippen molar-refractivity contribution in [3.63, 3.8) is 0 Å². The predicted octanol–water partition coefficient (Wildman–Crippen LogP) is 1.31. The monoisotopic (exact) mass is 436 g/mol. The van der Waals surface area contributed by atoms with Gasteiger partial charge in [0.1, 0.15) is 5.82 Å². The largest absolute Gasteiger partial charge is 4.00 e. The molecule has 0 spiro atoms. The molecule has 28 heavy (non-hydrogen) atoms. The van der Waals surface area contributed by atoms with Crippen molar-refractivity contribution in [2.24, 2.45) is 7.05 Å². The van der Waals surface area contributed by atoms with Crippen molar-refractivity contribution in [1.29, 1.82) is 0 Å². The van der Waals surface area contributed by atoms with Gasteiger partial charge in [0.05, 0.1) is 0 Å². The maximum Gasteiger partial charge on any atom is 4.00 e. The number of aryl methyl sites for hydroxylation is 2. The SMILES string of the molecule is CCCC[O-].CCCC[O-].CCCC[O-].CCCC[O-].Cc1nccn1C.[Ti+4]. The molecular formula is C21H44N2O4Ti. The van der Waals surface area contributed by atoms with Crippen molar-refractivity contribution in [1.82, 2.24) is 9.55 Å². The van der Waals surface area contributed by atoms with Crippen LogP contribution in [0.4, 0.5) is 0 Å². The molecule has 0 saturated heterocycles. The fraction of sp³-hybridized carbons (Fsp3) is 0.857. The summed E-state index contributed by atoms with van der Waals surface area (Å²) in [6, 6.07) is 0. The van der Waals surface area contributed by atoms with Crippen molar-refractivity contribution >= 4 is 0 Å². The Morgan fingerprint density at radius 2 is 1.00 bits per heavy atom. The summed E-state index contributed by atoms with van der Waals surface area (Å²) in [5.41, 5.74) is 0. The van der Waals surface area contributed by atoms with Gasteiger partial charge < -0.3 is 25.0 Å². The molecular weight excluding hydrogens is 392 g/mol. The maximum absolute atomic E-state index is 9.53. The zero-order valence-corrected chi connectivity index (χ0v) is 20.7. The third-order valence-electron chi connectivity index (χ3n) is 3.05. The number of unbranched alkanes of at least 4 members (excludes halogenated alkanes) is 4. The minimum absolute atomic E-state index is 0. The summed E-state index contributed by atoms with van der Waals surface area (Å²) < 4.78 is 1.97. The van der Waals surface area contributed by atoms with Gasteiger partial charge in [-0.1, -0.05) is 79.1 Å². The Kier molecular flexibility index (Phi) is 56.5. The molecule has 166 valence electrons. The Morgan fingerprint density at radius 1 is 0.714 bits per heavy atom. The first-order valence-electron chi connectivity index (χ1n) is 10.2. The van der Waals surface area contributed by atoms with Crippen molar-refractivity contribution in [2.75, 3.05) is 26.4 Å². The van der Waals surface area contributed by atoms with Crippen molar-refractivity contribution < 1.29 is 42.1 Å². The molecule has 0 aliphatic heterocycles. The molecule has 0 aliphatic carbocycles. The number of hydrogen-bond donors (Lipinski definition) is 0. The first-order valence-corrected chi connectivity index (χ1v) is 10.2. The Labute approximate surface area is 189 Å². The third kappa shape index (κ3) is 50.1. The van der Waals surface area contributed by atoms with Crippen LogP contribution in [0.2, 0.25) is 0 Å². The van der Waals surface area contributed by atoms with Crippen LogP contribution in [0.15, 0.2) is 12.4 Å². The van der Waals surface area contributed by atoms with Gasteiger partial charge in [0, 0.05) is 19.4 Å². The standard InChI is InChI=1S/C5H8N2.4C4H9O.Ti/c1-5-6-3-4-7(5)2;4*1-2-3-4-5;/h3-4H,1-2H3;4*2-4H2,1H3;/q;4*-1;+4. The van der Waals surface area contributed by atoms with Crippen molar-refractivity contribution in [2.45, 2.75) is 86.0 Å². The fourth-order valence-electron chi connectivity index (χ4n) is 1.02. The molecule has 0 aromatic carbocycles.